The Hall–Kier alpha value is -2.63. The molecule has 6 nitrogen and oxygen atoms in total. The van der Waals surface area contributed by atoms with Crippen molar-refractivity contribution < 1.29 is 4.79 Å². The number of amides is 1. The lowest BCUT2D eigenvalue weighted by atomic mass is 10.1. The van der Waals surface area contributed by atoms with E-state index >= 15 is 0 Å². The highest BCUT2D eigenvalue weighted by Crippen LogP contribution is 2.24. The van der Waals surface area contributed by atoms with Crippen molar-refractivity contribution in [2.75, 3.05) is 43.4 Å². The van der Waals surface area contributed by atoms with Gasteiger partial charge in [0.25, 0.3) is 5.91 Å². The molecule has 1 saturated heterocycles. The van der Waals surface area contributed by atoms with Crippen LogP contribution in [-0.4, -0.2) is 54.0 Å². The van der Waals surface area contributed by atoms with E-state index in [9.17, 15) is 4.79 Å². The summed E-state index contributed by atoms with van der Waals surface area (Å²) in [6.45, 7) is 5.51. The highest BCUT2D eigenvalue weighted by molar-refractivity contribution is 5.93. The summed E-state index contributed by atoms with van der Waals surface area (Å²) in [7, 11) is 1.85. The normalized spacial score (nSPS) is 16.7. The molecule has 3 rings (SSSR count). The zero-order valence-corrected chi connectivity index (χ0v) is 14.9. The van der Waals surface area contributed by atoms with Crippen molar-refractivity contribution in [1.29, 1.82) is 0 Å². The van der Waals surface area contributed by atoms with E-state index < -0.39 is 0 Å². The van der Waals surface area contributed by atoms with Crippen LogP contribution in [0.5, 0.6) is 0 Å². The third-order valence-electron chi connectivity index (χ3n) is 4.52. The number of rotatable bonds is 6. The fourth-order valence-corrected chi connectivity index (χ4v) is 3.23. The van der Waals surface area contributed by atoms with Crippen LogP contribution >= 0.6 is 0 Å². The third kappa shape index (κ3) is 4.26. The second kappa shape index (κ2) is 7.96. The maximum absolute atomic E-state index is 12.6. The highest BCUT2D eigenvalue weighted by Gasteiger charge is 2.25. The van der Waals surface area contributed by atoms with E-state index in [1.807, 2.05) is 20.0 Å². The largest absolute Gasteiger partial charge is 0.371 e. The predicted octanol–water partition coefficient (Wildman–Crippen LogP) is 2.51. The van der Waals surface area contributed by atoms with Gasteiger partial charge in [0, 0.05) is 51.3 Å². The van der Waals surface area contributed by atoms with Crippen molar-refractivity contribution in [2.45, 2.75) is 13.3 Å². The molecule has 2 aromatic rings. The second-order valence-electron chi connectivity index (χ2n) is 6.45. The Morgan fingerprint density at radius 1 is 1.28 bits per heavy atom. The van der Waals surface area contributed by atoms with E-state index in [1.165, 1.54) is 5.69 Å². The number of anilines is 2. The van der Waals surface area contributed by atoms with E-state index in [0.717, 1.165) is 32.6 Å². The molecule has 1 amide bonds. The monoisotopic (exact) mass is 339 g/mol. The number of carbonyl (C=O) groups excluding carboxylic acids is 1. The molecule has 0 spiro atoms. The molecular formula is C19H25N5O. The van der Waals surface area contributed by atoms with Crippen LogP contribution < -0.4 is 10.2 Å². The first-order chi connectivity index (χ1) is 12.2. The first kappa shape index (κ1) is 17.2. The maximum Gasteiger partial charge on any atom is 0.256 e. The average Bonchev–Trinajstić information content (AvgIpc) is 3.11. The number of carbonyl (C=O) groups is 1. The number of aromatic nitrogens is 2. The van der Waals surface area contributed by atoms with Gasteiger partial charge in [-0.15, -0.1) is 0 Å². The van der Waals surface area contributed by atoms with Gasteiger partial charge < -0.3 is 15.1 Å². The lowest BCUT2D eigenvalue weighted by molar-refractivity contribution is 0.0775. The molecule has 0 unspecified atom stereocenters. The summed E-state index contributed by atoms with van der Waals surface area (Å²) >= 11 is 0. The first-order valence-electron chi connectivity index (χ1n) is 8.78. The number of hydrogen-bond acceptors (Lipinski definition) is 5. The van der Waals surface area contributed by atoms with Gasteiger partial charge in [-0.25, -0.2) is 9.97 Å². The van der Waals surface area contributed by atoms with Crippen LogP contribution in [0, 0.1) is 5.92 Å². The summed E-state index contributed by atoms with van der Waals surface area (Å²) in [5, 5.41) is 3.03. The molecule has 0 saturated carbocycles. The summed E-state index contributed by atoms with van der Waals surface area (Å²) in [6, 6.07) is 10.4. The topological polar surface area (TPSA) is 61.4 Å². The molecule has 1 aliphatic rings. The predicted molar refractivity (Wildman–Crippen MR) is 99.9 cm³/mol. The lowest BCUT2D eigenvalue weighted by Gasteiger charge is -2.22. The van der Waals surface area contributed by atoms with E-state index in [2.05, 4.69) is 44.5 Å². The van der Waals surface area contributed by atoms with Gasteiger partial charge in [0.15, 0.2) is 0 Å². The van der Waals surface area contributed by atoms with Crippen molar-refractivity contribution in [1.82, 2.24) is 14.9 Å². The van der Waals surface area contributed by atoms with Crippen LogP contribution in [0.25, 0.3) is 0 Å². The van der Waals surface area contributed by atoms with Gasteiger partial charge in [-0.3, -0.25) is 4.79 Å². The molecule has 1 aromatic carbocycles. The molecular weight excluding hydrogens is 314 g/mol. The summed E-state index contributed by atoms with van der Waals surface area (Å²) in [5.41, 5.74) is 1.79. The molecule has 25 heavy (non-hydrogen) atoms. The molecule has 6 heteroatoms. The molecule has 1 fully saturated rings. The van der Waals surface area contributed by atoms with E-state index in [1.54, 1.807) is 17.3 Å². The Labute approximate surface area is 148 Å². The van der Waals surface area contributed by atoms with Crippen molar-refractivity contribution in [3.8, 4) is 0 Å². The minimum absolute atomic E-state index is 0.0267. The molecule has 132 valence electrons. The smallest absolute Gasteiger partial charge is 0.256 e. The molecule has 1 atom stereocenters. The number of para-hydroxylation sites is 1. The van der Waals surface area contributed by atoms with Crippen LogP contribution in [0.3, 0.4) is 0 Å². The fraction of sp³-hybridized carbons (Fsp3) is 0.421. The van der Waals surface area contributed by atoms with E-state index in [-0.39, 0.29) is 5.91 Å². The standard InChI is InChI=1S/C19H25N5O/c1-3-20-19-21-11-16(12-22-19)18(25)23(2)13-15-9-10-24(14-15)17-7-5-4-6-8-17/h4-8,11-12,15H,3,9-10,13-14H2,1-2H3,(H,20,21,22)/t15-/m0/s1. The fourth-order valence-electron chi connectivity index (χ4n) is 3.23. The number of benzene rings is 1. The van der Waals surface area contributed by atoms with Crippen LogP contribution in [-0.2, 0) is 0 Å². The van der Waals surface area contributed by atoms with Crippen molar-refractivity contribution in [3.63, 3.8) is 0 Å². The zero-order chi connectivity index (χ0) is 17.6. The van der Waals surface area contributed by atoms with Crippen molar-refractivity contribution in [2.24, 2.45) is 5.92 Å². The van der Waals surface area contributed by atoms with Gasteiger partial charge in [-0.1, -0.05) is 18.2 Å². The molecule has 1 aliphatic heterocycles. The zero-order valence-electron chi connectivity index (χ0n) is 14.9. The number of nitrogens with one attached hydrogen (secondary N) is 1. The lowest BCUT2D eigenvalue weighted by Crippen LogP contribution is -2.33. The maximum atomic E-state index is 12.6. The Morgan fingerprint density at radius 2 is 2.00 bits per heavy atom. The minimum atomic E-state index is -0.0267. The third-order valence-corrected chi connectivity index (χ3v) is 4.52. The summed E-state index contributed by atoms with van der Waals surface area (Å²) < 4.78 is 0. The van der Waals surface area contributed by atoms with E-state index in [0.29, 0.717) is 17.4 Å². The van der Waals surface area contributed by atoms with Gasteiger partial charge in [0.05, 0.1) is 5.56 Å². The summed E-state index contributed by atoms with van der Waals surface area (Å²) in [4.78, 5) is 25.1. The van der Waals surface area contributed by atoms with Crippen molar-refractivity contribution in [3.05, 3.63) is 48.3 Å². The highest BCUT2D eigenvalue weighted by atomic mass is 16.2. The molecule has 2 heterocycles. The first-order valence-corrected chi connectivity index (χ1v) is 8.78. The quantitative estimate of drug-likeness (QED) is 0.876. The molecule has 1 N–H and O–H groups in total. The Kier molecular flexibility index (Phi) is 5.48. The molecule has 0 aliphatic carbocycles. The van der Waals surface area contributed by atoms with Gasteiger partial charge >= 0.3 is 0 Å². The van der Waals surface area contributed by atoms with E-state index in [4.69, 9.17) is 0 Å². The van der Waals surface area contributed by atoms with Crippen LogP contribution in [0.1, 0.15) is 23.7 Å². The Morgan fingerprint density at radius 3 is 2.68 bits per heavy atom. The minimum Gasteiger partial charge on any atom is -0.371 e. The summed E-state index contributed by atoms with van der Waals surface area (Å²) in [6.07, 6.45) is 4.28. The van der Waals surface area contributed by atoms with Crippen LogP contribution in [0.15, 0.2) is 42.7 Å². The van der Waals surface area contributed by atoms with Crippen LogP contribution in [0.4, 0.5) is 11.6 Å². The number of nitrogens with zero attached hydrogens (tertiary/aromatic N) is 4. The van der Waals surface area contributed by atoms with Gasteiger partial charge in [0.1, 0.15) is 0 Å². The van der Waals surface area contributed by atoms with Crippen LogP contribution in [0.2, 0.25) is 0 Å². The van der Waals surface area contributed by atoms with Gasteiger partial charge in [0.2, 0.25) is 5.95 Å². The summed E-state index contributed by atoms with van der Waals surface area (Å²) in [5.74, 6) is 1.01. The van der Waals surface area contributed by atoms with Gasteiger partial charge in [-0.2, -0.15) is 0 Å². The van der Waals surface area contributed by atoms with Crippen molar-refractivity contribution >= 4 is 17.5 Å². The number of hydrogen-bond donors (Lipinski definition) is 1. The molecule has 0 bridgehead atoms. The Balaban J connectivity index is 1.55. The molecule has 1 aromatic heterocycles. The average molecular weight is 339 g/mol. The van der Waals surface area contributed by atoms with Gasteiger partial charge in [-0.05, 0) is 31.4 Å². The SMILES string of the molecule is CCNc1ncc(C(=O)N(C)C[C@@H]2CCN(c3ccccc3)C2)cn1. The molecule has 0 radical (unpaired) electrons. The second-order valence-corrected chi connectivity index (χ2v) is 6.45. The Bertz CT molecular complexity index is 689.